The number of aromatic nitrogens is 1. The van der Waals surface area contributed by atoms with Crippen LogP contribution in [0.3, 0.4) is 0 Å². The van der Waals surface area contributed by atoms with Crippen molar-refractivity contribution >= 4 is 16.0 Å². The normalized spacial score (nSPS) is 12.3. The molecular weight excluding hydrogens is 284 g/mol. The highest BCUT2D eigenvalue weighted by Gasteiger charge is 2.25. The topological polar surface area (TPSA) is 88.8 Å². The van der Waals surface area contributed by atoms with Crippen LogP contribution in [0, 0.1) is 0 Å². The molecule has 0 amide bonds. The van der Waals surface area contributed by atoms with Crippen LogP contribution in [0.5, 0.6) is 0 Å². The summed E-state index contributed by atoms with van der Waals surface area (Å²) in [6.45, 7) is 4.05. The molecule has 1 N–H and O–H groups in total. The molecule has 0 aromatic carbocycles. The zero-order valence-electron chi connectivity index (χ0n) is 12.0. The number of sulfonamides is 1. The Hall–Kier alpha value is -1.38. The van der Waals surface area contributed by atoms with E-state index in [1.54, 1.807) is 13.8 Å². The van der Waals surface area contributed by atoms with E-state index in [9.17, 15) is 13.2 Å². The predicted molar refractivity (Wildman–Crippen MR) is 73.5 cm³/mol. The minimum atomic E-state index is -3.71. The summed E-state index contributed by atoms with van der Waals surface area (Å²) in [6, 6.07) is 1.04. The molecule has 0 saturated heterocycles. The van der Waals surface area contributed by atoms with Gasteiger partial charge >= 0.3 is 5.97 Å². The Labute approximate surface area is 118 Å². The number of rotatable bonds is 7. The third kappa shape index (κ3) is 3.38. The van der Waals surface area contributed by atoms with E-state index >= 15 is 0 Å². The molecule has 0 radical (unpaired) electrons. The summed E-state index contributed by atoms with van der Waals surface area (Å²) >= 11 is 0. The van der Waals surface area contributed by atoms with Crippen LogP contribution in [0.1, 0.15) is 30.4 Å². The number of carboxylic acids is 1. The smallest absolute Gasteiger partial charge is 0.352 e. The van der Waals surface area contributed by atoms with Crippen molar-refractivity contribution in [1.82, 2.24) is 8.87 Å². The summed E-state index contributed by atoms with van der Waals surface area (Å²) in [5, 5.41) is 9.12. The van der Waals surface area contributed by atoms with E-state index < -0.39 is 16.0 Å². The zero-order chi connectivity index (χ0) is 15.5. The van der Waals surface area contributed by atoms with Gasteiger partial charge < -0.3 is 14.4 Å². The van der Waals surface area contributed by atoms with Crippen LogP contribution in [0.15, 0.2) is 17.2 Å². The molecule has 0 aliphatic heterocycles. The maximum atomic E-state index is 12.3. The summed E-state index contributed by atoms with van der Waals surface area (Å²) in [7, 11) is -0.794. The van der Waals surface area contributed by atoms with Gasteiger partial charge in [-0.05, 0) is 19.9 Å². The second-order valence-corrected chi connectivity index (χ2v) is 6.73. The maximum absolute atomic E-state index is 12.3. The number of likely N-dealkylation sites (N-methyl/N-ethyl adjacent to an activating group) is 1. The van der Waals surface area contributed by atoms with Crippen molar-refractivity contribution in [3.8, 4) is 0 Å². The summed E-state index contributed by atoms with van der Waals surface area (Å²) in [5.41, 5.74) is -0.0429. The third-order valence-corrected chi connectivity index (χ3v) is 4.74. The molecule has 0 fully saturated rings. The number of carboxylic acid groups (broad SMARTS) is 1. The number of ether oxygens (including phenoxy) is 1. The molecule has 0 aliphatic carbocycles. The first-order valence-electron chi connectivity index (χ1n) is 6.12. The van der Waals surface area contributed by atoms with Gasteiger partial charge in [-0.25, -0.2) is 13.2 Å². The molecule has 1 aromatic heterocycles. The number of hydrogen-bond acceptors (Lipinski definition) is 4. The standard InChI is InChI=1S/C12H20N2O5S/c1-9(2)14-8-10(7-11(14)12(15)16)20(17,18)13(3)5-6-19-4/h7-9H,5-6H2,1-4H3,(H,15,16). The fourth-order valence-corrected chi connectivity index (χ4v) is 2.90. The van der Waals surface area contributed by atoms with Gasteiger partial charge in [0.05, 0.1) is 6.61 Å². The van der Waals surface area contributed by atoms with Crippen molar-refractivity contribution in [3.05, 3.63) is 18.0 Å². The highest BCUT2D eigenvalue weighted by Crippen LogP contribution is 2.21. The van der Waals surface area contributed by atoms with Crippen LogP contribution in [0.25, 0.3) is 0 Å². The van der Waals surface area contributed by atoms with Gasteiger partial charge in [0.15, 0.2) is 0 Å². The lowest BCUT2D eigenvalue weighted by Gasteiger charge is -2.15. The molecule has 0 unspecified atom stereocenters. The Morgan fingerprint density at radius 1 is 1.50 bits per heavy atom. The first-order chi connectivity index (χ1) is 9.21. The summed E-state index contributed by atoms with van der Waals surface area (Å²) in [4.78, 5) is 11.1. The maximum Gasteiger partial charge on any atom is 0.352 e. The third-order valence-electron chi connectivity index (χ3n) is 2.92. The fraction of sp³-hybridized carbons (Fsp3) is 0.583. The summed E-state index contributed by atoms with van der Waals surface area (Å²) < 4.78 is 32.0. The Morgan fingerprint density at radius 3 is 2.50 bits per heavy atom. The zero-order valence-corrected chi connectivity index (χ0v) is 12.8. The number of carbonyl (C=O) groups is 1. The summed E-state index contributed by atoms with van der Waals surface area (Å²) in [6.07, 6.45) is 1.35. The lowest BCUT2D eigenvalue weighted by atomic mass is 10.3. The molecular formula is C12H20N2O5S. The molecule has 0 atom stereocenters. The number of methoxy groups -OCH3 is 1. The van der Waals surface area contributed by atoms with Crippen molar-refractivity contribution in [1.29, 1.82) is 0 Å². The van der Waals surface area contributed by atoms with Crippen molar-refractivity contribution in [3.63, 3.8) is 0 Å². The van der Waals surface area contributed by atoms with Crippen LogP contribution in [0.4, 0.5) is 0 Å². The van der Waals surface area contributed by atoms with Crippen LogP contribution in [-0.4, -0.2) is 55.7 Å². The average Bonchev–Trinajstić information content (AvgIpc) is 2.81. The van der Waals surface area contributed by atoms with Crippen LogP contribution in [0.2, 0.25) is 0 Å². The van der Waals surface area contributed by atoms with E-state index in [4.69, 9.17) is 9.84 Å². The molecule has 7 nitrogen and oxygen atoms in total. The quantitative estimate of drug-likeness (QED) is 0.813. The van der Waals surface area contributed by atoms with Crippen LogP contribution >= 0.6 is 0 Å². The largest absolute Gasteiger partial charge is 0.477 e. The second kappa shape index (κ2) is 6.38. The van der Waals surface area contributed by atoms with Gasteiger partial charge in [-0.15, -0.1) is 0 Å². The Balaban J connectivity index is 3.19. The fourth-order valence-electron chi connectivity index (χ4n) is 1.71. The molecule has 1 rings (SSSR count). The lowest BCUT2D eigenvalue weighted by molar-refractivity contribution is 0.0683. The van der Waals surface area contributed by atoms with Gasteiger partial charge in [0.1, 0.15) is 10.6 Å². The van der Waals surface area contributed by atoms with E-state index in [1.165, 1.54) is 31.0 Å². The Kier molecular flexibility index (Phi) is 5.32. The average molecular weight is 304 g/mol. The molecule has 0 saturated carbocycles. The van der Waals surface area contributed by atoms with Crippen LogP contribution in [-0.2, 0) is 14.8 Å². The Bertz CT molecular complexity index is 577. The lowest BCUT2D eigenvalue weighted by Crippen LogP contribution is -2.29. The monoisotopic (exact) mass is 304 g/mol. The van der Waals surface area contributed by atoms with Gasteiger partial charge in [0.25, 0.3) is 0 Å². The van der Waals surface area contributed by atoms with Crippen molar-refractivity contribution < 1.29 is 23.1 Å². The van der Waals surface area contributed by atoms with E-state index in [2.05, 4.69) is 0 Å². The van der Waals surface area contributed by atoms with Crippen molar-refractivity contribution in [2.24, 2.45) is 0 Å². The number of aromatic carboxylic acids is 1. The molecule has 1 heterocycles. The number of nitrogens with zero attached hydrogens (tertiary/aromatic N) is 2. The highest BCUT2D eigenvalue weighted by molar-refractivity contribution is 7.89. The molecule has 0 spiro atoms. The molecule has 8 heteroatoms. The second-order valence-electron chi connectivity index (χ2n) is 4.69. The van der Waals surface area contributed by atoms with Gasteiger partial charge in [-0.1, -0.05) is 0 Å². The minimum Gasteiger partial charge on any atom is -0.477 e. The summed E-state index contributed by atoms with van der Waals surface area (Å²) in [5.74, 6) is -1.15. The number of hydrogen-bond donors (Lipinski definition) is 1. The Morgan fingerprint density at radius 2 is 2.10 bits per heavy atom. The van der Waals surface area contributed by atoms with Gasteiger partial charge in [-0.2, -0.15) is 4.31 Å². The molecule has 20 heavy (non-hydrogen) atoms. The van der Waals surface area contributed by atoms with E-state index in [-0.39, 0.29) is 29.8 Å². The molecule has 1 aromatic rings. The van der Waals surface area contributed by atoms with Gasteiger partial charge in [-0.3, -0.25) is 0 Å². The van der Waals surface area contributed by atoms with Gasteiger partial charge in [0.2, 0.25) is 10.0 Å². The van der Waals surface area contributed by atoms with Crippen LogP contribution < -0.4 is 0 Å². The SMILES string of the molecule is COCCN(C)S(=O)(=O)c1cc(C(=O)O)n(C(C)C)c1. The van der Waals surface area contributed by atoms with Crippen molar-refractivity contribution in [2.45, 2.75) is 24.8 Å². The van der Waals surface area contributed by atoms with Gasteiger partial charge in [0, 0.05) is 32.9 Å². The van der Waals surface area contributed by atoms with Crippen molar-refractivity contribution in [2.75, 3.05) is 27.3 Å². The predicted octanol–water partition coefficient (Wildman–Crippen LogP) is 1.03. The molecule has 0 aliphatic rings. The first kappa shape index (κ1) is 16.7. The van der Waals surface area contributed by atoms with E-state index in [0.717, 1.165) is 4.31 Å². The highest BCUT2D eigenvalue weighted by atomic mass is 32.2. The van der Waals surface area contributed by atoms with E-state index in [0.29, 0.717) is 0 Å². The minimum absolute atomic E-state index is 0.0257. The molecule has 0 bridgehead atoms. The first-order valence-corrected chi connectivity index (χ1v) is 7.56. The van der Waals surface area contributed by atoms with E-state index in [1.807, 2.05) is 0 Å². The molecule has 114 valence electrons.